The number of carbonyl (C=O) groups is 3. The fourth-order valence-corrected chi connectivity index (χ4v) is 11.2. The number of nitrogens with two attached hydrogens (primary N) is 1. The maximum Gasteiger partial charge on any atom is 0.304 e. The molecule has 11 rings (SSSR count). The van der Waals surface area contributed by atoms with E-state index in [4.69, 9.17) is 22.4 Å². The van der Waals surface area contributed by atoms with Crippen LogP contribution < -0.4 is 16.4 Å². The lowest BCUT2D eigenvalue weighted by Crippen LogP contribution is -2.28. The molecule has 93 heavy (non-hydrogen) atoms. The number of nitrogens with one attached hydrogen (secondary N) is 2. The lowest BCUT2D eigenvalue weighted by Gasteiger charge is -2.20. The van der Waals surface area contributed by atoms with Crippen molar-refractivity contribution in [1.82, 2.24) is 10.6 Å². The molecule has 3 atom stereocenters. The first-order valence-corrected chi connectivity index (χ1v) is 32.0. The maximum absolute atomic E-state index is 12.7. The highest BCUT2D eigenvalue weighted by atomic mass is 35.5. The first-order valence-electron chi connectivity index (χ1n) is 31.7. The Morgan fingerprint density at radius 3 is 0.806 bits per heavy atom. The van der Waals surface area contributed by atoms with E-state index in [0.717, 1.165) is 51.9 Å². The van der Waals surface area contributed by atoms with Crippen molar-refractivity contribution in [3.8, 4) is 0 Å². The van der Waals surface area contributed by atoms with E-state index in [1.165, 1.54) is 22.3 Å². The normalized spacial score (nSPS) is 11.5. The van der Waals surface area contributed by atoms with Crippen molar-refractivity contribution < 1.29 is 19.5 Å². The average molecular weight is 1270 g/mol. The molecule has 0 saturated carbocycles. The molecule has 9 heteroatoms. The molecule has 0 bridgehead atoms. The van der Waals surface area contributed by atoms with E-state index in [1.807, 2.05) is 232 Å². The third-order valence-corrected chi connectivity index (χ3v) is 16.1. The van der Waals surface area contributed by atoms with Crippen molar-refractivity contribution in [2.45, 2.75) is 88.3 Å². The van der Waals surface area contributed by atoms with Crippen molar-refractivity contribution in [2.75, 3.05) is 6.54 Å². The lowest BCUT2D eigenvalue weighted by atomic mass is 9.88. The van der Waals surface area contributed by atoms with Crippen molar-refractivity contribution in [2.24, 2.45) is 5.73 Å². The zero-order chi connectivity index (χ0) is 65.0. The standard InChI is InChI=1S/C23H23NO.C23H25N.C15H13ClO.C15H14O2.C8H11N.ClH/c1-18(19-11-5-2-6-12-19)24-23(25)17-22(20-13-7-3-8-14-20)21-15-9-4-10-16-21;1-19(20-11-5-2-6-12-20)24-18-17-23(21-13-7-3-8-14-21)22-15-9-4-10-16-22;2*16-15(17)11-14(12-7-3-1-4-8-12)13-9-5-2-6-10-13;1-7(9)8-5-3-2-4-6-8;/h2-16,18,22H,17H2,1H3,(H,24,25);2-16,19,23-24H,17-18H2,1H3;1-10,14H,11H2;1-10,14H,11H2,(H,16,17);2-7H,9H2,1H3;1H/t18-;19-;;;7-;/m11..1./s1. The van der Waals surface area contributed by atoms with Crippen LogP contribution in [0, 0.1) is 0 Å². The van der Waals surface area contributed by atoms with Gasteiger partial charge in [-0.3, -0.25) is 14.4 Å². The monoisotopic (exact) mass is 1270 g/mol. The lowest BCUT2D eigenvalue weighted by molar-refractivity contribution is -0.137. The quantitative estimate of drug-likeness (QED) is 0.0502. The minimum Gasteiger partial charge on any atom is -0.481 e. The number of hydrogen-bond donors (Lipinski definition) is 4. The van der Waals surface area contributed by atoms with E-state index >= 15 is 0 Å². The third kappa shape index (κ3) is 25.6. The van der Waals surface area contributed by atoms with E-state index in [2.05, 4.69) is 133 Å². The second-order valence-corrected chi connectivity index (χ2v) is 23.1. The highest BCUT2D eigenvalue weighted by molar-refractivity contribution is 6.63. The van der Waals surface area contributed by atoms with Gasteiger partial charge in [0.15, 0.2) is 0 Å². The van der Waals surface area contributed by atoms with E-state index < -0.39 is 5.97 Å². The molecule has 11 aromatic carbocycles. The van der Waals surface area contributed by atoms with Crippen LogP contribution in [0.4, 0.5) is 0 Å². The molecule has 0 heterocycles. The molecule has 0 spiro atoms. The van der Waals surface area contributed by atoms with Gasteiger partial charge in [0, 0.05) is 48.6 Å². The van der Waals surface area contributed by atoms with Crippen LogP contribution in [-0.2, 0) is 14.4 Å². The van der Waals surface area contributed by atoms with Gasteiger partial charge >= 0.3 is 5.97 Å². The van der Waals surface area contributed by atoms with Gasteiger partial charge in [0.25, 0.3) is 0 Å². The van der Waals surface area contributed by atoms with Gasteiger partial charge in [-0.1, -0.05) is 334 Å². The number of carbonyl (C=O) groups excluding carboxylic acids is 2. The fraction of sp³-hybridized carbons (Fsp3) is 0.179. The Labute approximate surface area is 563 Å². The summed E-state index contributed by atoms with van der Waals surface area (Å²) in [6, 6.07) is 113. The first-order chi connectivity index (χ1) is 44.9. The largest absolute Gasteiger partial charge is 0.481 e. The second kappa shape index (κ2) is 41.1. The summed E-state index contributed by atoms with van der Waals surface area (Å²) in [4.78, 5) is 34.8. The summed E-state index contributed by atoms with van der Waals surface area (Å²) >= 11 is 5.53. The number of hydrogen-bond acceptors (Lipinski definition) is 5. The van der Waals surface area contributed by atoms with Crippen LogP contribution in [-0.4, -0.2) is 28.8 Å². The Morgan fingerprint density at radius 2 is 0.559 bits per heavy atom. The van der Waals surface area contributed by atoms with Gasteiger partial charge in [-0.15, -0.1) is 12.4 Å². The number of benzene rings is 11. The smallest absolute Gasteiger partial charge is 0.304 e. The topological polar surface area (TPSA) is 122 Å². The van der Waals surface area contributed by atoms with Crippen LogP contribution in [0.2, 0.25) is 0 Å². The molecular weight excluding hydrogens is 1190 g/mol. The van der Waals surface area contributed by atoms with Gasteiger partial charge in [0.2, 0.25) is 11.1 Å². The number of halogens is 2. The van der Waals surface area contributed by atoms with Crippen molar-refractivity contribution in [3.63, 3.8) is 0 Å². The van der Waals surface area contributed by atoms with Crippen molar-refractivity contribution in [1.29, 1.82) is 0 Å². The van der Waals surface area contributed by atoms with Gasteiger partial charge in [0.1, 0.15) is 0 Å². The molecule has 0 aliphatic rings. The first kappa shape index (κ1) is 72.6. The van der Waals surface area contributed by atoms with Crippen molar-refractivity contribution in [3.05, 3.63) is 395 Å². The number of aliphatic carboxylic acids is 1. The maximum atomic E-state index is 12.7. The molecule has 0 fully saturated rings. The molecule has 0 saturated heterocycles. The minimum absolute atomic E-state index is 0. The Bertz CT molecular complexity index is 3500. The third-order valence-electron chi connectivity index (χ3n) is 15.9. The predicted octanol–water partition coefficient (Wildman–Crippen LogP) is 20.0. The van der Waals surface area contributed by atoms with E-state index in [1.54, 1.807) is 0 Å². The molecule has 0 aromatic heterocycles. The number of rotatable bonds is 22. The number of carboxylic acid groups (broad SMARTS) is 1. The summed E-state index contributed by atoms with van der Waals surface area (Å²) in [5.74, 6) is -0.248. The van der Waals surface area contributed by atoms with Crippen LogP contribution in [0.5, 0.6) is 0 Å². The Balaban J connectivity index is 0.000000190. The summed E-state index contributed by atoms with van der Waals surface area (Å²) < 4.78 is 0. The van der Waals surface area contributed by atoms with E-state index in [-0.39, 0.29) is 59.8 Å². The molecule has 0 aliphatic carbocycles. The summed E-state index contributed by atoms with van der Waals surface area (Å²) in [7, 11) is 0. The number of amides is 1. The average Bonchev–Trinajstić information content (AvgIpc) is 2.68. The molecule has 5 N–H and O–H groups in total. The highest BCUT2D eigenvalue weighted by Gasteiger charge is 2.21. The second-order valence-electron chi connectivity index (χ2n) is 22.6. The van der Waals surface area contributed by atoms with Crippen molar-refractivity contribution >= 4 is 41.1 Å². The molecule has 7 nitrogen and oxygen atoms in total. The molecular formula is C84H87Cl2N3O4. The Kier molecular flexibility index (Phi) is 32.1. The summed E-state index contributed by atoms with van der Waals surface area (Å²) in [5, 5.41) is 15.5. The summed E-state index contributed by atoms with van der Waals surface area (Å²) in [6.45, 7) is 7.22. The summed E-state index contributed by atoms with van der Waals surface area (Å²) in [6.07, 6.45) is 1.97. The Morgan fingerprint density at radius 1 is 0.333 bits per heavy atom. The van der Waals surface area contributed by atoms with Gasteiger partial charge in [0.05, 0.1) is 12.5 Å². The zero-order valence-corrected chi connectivity index (χ0v) is 54.9. The molecule has 0 aliphatic heterocycles. The zero-order valence-electron chi connectivity index (χ0n) is 53.4. The minimum atomic E-state index is -0.775. The van der Waals surface area contributed by atoms with Gasteiger partial charge < -0.3 is 21.5 Å². The molecule has 0 radical (unpaired) electrons. The van der Waals surface area contributed by atoms with Crippen LogP contribution in [0.15, 0.2) is 334 Å². The predicted molar refractivity (Wildman–Crippen MR) is 388 cm³/mol. The van der Waals surface area contributed by atoms with Gasteiger partial charge in [-0.2, -0.15) is 0 Å². The molecule has 476 valence electrons. The SMILES string of the molecule is C[C@@H](N)c1ccccc1.C[C@@H](NC(=O)CC(c1ccccc1)c1ccccc1)c1ccccc1.C[C@@H](NCCC(c1ccccc1)c1ccccc1)c1ccccc1.Cl.O=C(Cl)CC(c1ccccc1)c1ccccc1.O=C(O)CC(c1ccccc1)c1ccccc1. The Hall–Kier alpha value is -9.47. The molecule has 0 unspecified atom stereocenters. The van der Waals surface area contributed by atoms with Crippen LogP contribution in [0.1, 0.15) is 149 Å². The molecule has 1 amide bonds. The van der Waals surface area contributed by atoms with Gasteiger partial charge in [-0.05, 0) is 107 Å². The van der Waals surface area contributed by atoms with E-state index in [0.29, 0.717) is 24.8 Å². The fourth-order valence-electron chi connectivity index (χ4n) is 11.0. The van der Waals surface area contributed by atoms with E-state index in [9.17, 15) is 14.4 Å². The highest BCUT2D eigenvalue weighted by Crippen LogP contribution is 2.32. The summed E-state index contributed by atoms with van der Waals surface area (Å²) in [5.41, 5.74) is 18.7. The number of carboxylic acids is 1. The molecule has 11 aromatic rings. The van der Waals surface area contributed by atoms with Crippen LogP contribution >= 0.6 is 24.0 Å². The van der Waals surface area contributed by atoms with Gasteiger partial charge in [-0.25, -0.2) is 0 Å². The van der Waals surface area contributed by atoms with Crippen LogP contribution in [0.3, 0.4) is 0 Å². The van der Waals surface area contributed by atoms with Crippen LogP contribution in [0.25, 0.3) is 0 Å².